The molecule has 1 aromatic rings. The van der Waals surface area contributed by atoms with E-state index in [1.165, 1.54) is 6.20 Å². The van der Waals surface area contributed by atoms with Crippen LogP contribution in [0, 0.1) is 0 Å². The van der Waals surface area contributed by atoms with Crippen LogP contribution < -0.4 is 4.83 Å². The maximum atomic E-state index is 11.9. The van der Waals surface area contributed by atoms with Gasteiger partial charge in [0, 0.05) is 26.2 Å². The second-order valence-electron chi connectivity index (χ2n) is 3.82. The molecule has 1 aromatic heterocycles. The minimum absolute atomic E-state index is 0.140. The highest BCUT2D eigenvalue weighted by Gasteiger charge is 2.23. The lowest BCUT2D eigenvalue weighted by Gasteiger charge is -2.31. The number of aromatic nitrogens is 1. The molecule has 2 rings (SSSR count). The summed E-state index contributed by atoms with van der Waals surface area (Å²) >= 11 is 6.57. The topological polar surface area (TPSA) is 65.5 Å². The summed E-state index contributed by atoms with van der Waals surface area (Å²) in [6.45, 7) is 3.02. The summed E-state index contributed by atoms with van der Waals surface area (Å²) in [5.74, 6) is 0. The van der Waals surface area contributed by atoms with Gasteiger partial charge in [0.1, 0.15) is 0 Å². The Balaban J connectivity index is 2.03. The van der Waals surface area contributed by atoms with E-state index in [9.17, 15) is 8.42 Å². The van der Waals surface area contributed by atoms with Crippen LogP contribution in [0.2, 0.25) is 4.47 Å². The average Bonchev–Trinajstić information content (AvgIpc) is 2.69. The van der Waals surface area contributed by atoms with Gasteiger partial charge < -0.3 is 4.90 Å². The number of rotatable bonds is 3. The molecule has 0 radical (unpaired) electrons. The summed E-state index contributed by atoms with van der Waals surface area (Å²) in [5.41, 5.74) is 0. The number of hydrogen-bond donors (Lipinski definition) is 1. The fourth-order valence-electron chi connectivity index (χ4n) is 1.48. The summed E-state index contributed by atoms with van der Waals surface area (Å²) in [5, 5.41) is 1.70. The third kappa shape index (κ3) is 3.36. The van der Waals surface area contributed by atoms with E-state index in [1.807, 2.05) is 7.05 Å². The minimum Gasteiger partial charge on any atom is -0.304 e. The largest absolute Gasteiger partial charge is 0.304 e. The first-order chi connectivity index (χ1) is 7.97. The molecular formula is C8H13ClN4O2S2. The molecule has 0 unspecified atom stereocenters. The highest BCUT2D eigenvalue weighted by Crippen LogP contribution is 2.22. The number of nitrogens with zero attached hydrogens (tertiary/aromatic N) is 3. The zero-order chi connectivity index (χ0) is 12.5. The maximum Gasteiger partial charge on any atom is 0.264 e. The average molecular weight is 297 g/mol. The molecule has 0 saturated carbocycles. The number of thiazole rings is 1. The van der Waals surface area contributed by atoms with E-state index < -0.39 is 10.0 Å². The van der Waals surface area contributed by atoms with E-state index in [0.717, 1.165) is 24.4 Å². The van der Waals surface area contributed by atoms with E-state index in [4.69, 9.17) is 11.6 Å². The molecule has 0 amide bonds. The minimum atomic E-state index is -3.53. The molecule has 9 heteroatoms. The first-order valence-corrected chi connectivity index (χ1v) is 7.72. The van der Waals surface area contributed by atoms with Crippen LogP contribution in [-0.4, -0.2) is 56.5 Å². The second kappa shape index (κ2) is 5.17. The van der Waals surface area contributed by atoms with E-state index >= 15 is 0 Å². The molecule has 2 heterocycles. The monoisotopic (exact) mass is 296 g/mol. The van der Waals surface area contributed by atoms with Gasteiger partial charge >= 0.3 is 0 Å². The summed E-state index contributed by atoms with van der Waals surface area (Å²) < 4.78 is 24.2. The van der Waals surface area contributed by atoms with Crippen LogP contribution in [0.3, 0.4) is 0 Å². The number of likely N-dealkylation sites (N-methyl/N-ethyl adjacent to an activating group) is 1. The van der Waals surface area contributed by atoms with Gasteiger partial charge in [-0.2, -0.15) is 0 Å². The van der Waals surface area contributed by atoms with Crippen LogP contribution in [-0.2, 0) is 10.0 Å². The Morgan fingerprint density at radius 1 is 1.41 bits per heavy atom. The first kappa shape index (κ1) is 13.2. The Bertz CT molecular complexity index is 481. The summed E-state index contributed by atoms with van der Waals surface area (Å²) in [7, 11) is -1.52. The highest BCUT2D eigenvalue weighted by atomic mass is 35.5. The molecule has 6 nitrogen and oxygen atoms in total. The lowest BCUT2D eigenvalue weighted by atomic mass is 10.4. The predicted octanol–water partition coefficient (Wildman–Crippen LogP) is 0.237. The van der Waals surface area contributed by atoms with Crippen molar-refractivity contribution in [3.8, 4) is 0 Å². The summed E-state index contributed by atoms with van der Waals surface area (Å²) in [6, 6.07) is 0. The third-order valence-corrected chi connectivity index (χ3v) is 5.43. The van der Waals surface area contributed by atoms with Gasteiger partial charge in [0.05, 0.1) is 6.20 Å². The van der Waals surface area contributed by atoms with Crippen LogP contribution in [0.15, 0.2) is 10.4 Å². The van der Waals surface area contributed by atoms with Gasteiger partial charge in [-0.25, -0.2) is 18.4 Å². The van der Waals surface area contributed by atoms with Crippen LogP contribution in [0.1, 0.15) is 0 Å². The molecule has 96 valence electrons. The van der Waals surface area contributed by atoms with Gasteiger partial charge in [-0.15, -0.1) is 4.83 Å². The van der Waals surface area contributed by atoms with Gasteiger partial charge in [0.2, 0.25) is 0 Å². The van der Waals surface area contributed by atoms with Gasteiger partial charge in [-0.3, -0.25) is 0 Å². The molecule has 0 aromatic carbocycles. The standard InChI is InChI=1S/C8H13ClN4O2S2/c1-12-2-4-13(5-3-12)11-17(14,15)7-6-10-8(9)16-7/h6,11H,2-5H2,1H3. The number of hydrogen-bond acceptors (Lipinski definition) is 6. The molecule has 0 atom stereocenters. The van der Waals surface area contributed by atoms with Gasteiger partial charge in [-0.05, 0) is 7.05 Å². The van der Waals surface area contributed by atoms with Crippen molar-refractivity contribution in [3.63, 3.8) is 0 Å². The zero-order valence-electron chi connectivity index (χ0n) is 9.26. The van der Waals surface area contributed by atoms with Crippen molar-refractivity contribution < 1.29 is 8.42 Å². The number of piperazine rings is 1. The van der Waals surface area contributed by atoms with Crippen LogP contribution in [0.25, 0.3) is 0 Å². The van der Waals surface area contributed by atoms with E-state index in [1.54, 1.807) is 5.01 Å². The lowest BCUT2D eigenvalue weighted by Crippen LogP contribution is -2.52. The quantitative estimate of drug-likeness (QED) is 0.865. The van der Waals surface area contributed by atoms with Crippen molar-refractivity contribution in [2.24, 2.45) is 0 Å². The zero-order valence-corrected chi connectivity index (χ0v) is 11.6. The van der Waals surface area contributed by atoms with Crippen molar-refractivity contribution in [2.45, 2.75) is 4.21 Å². The maximum absolute atomic E-state index is 11.9. The van der Waals surface area contributed by atoms with Crippen molar-refractivity contribution in [2.75, 3.05) is 33.2 Å². The molecule has 17 heavy (non-hydrogen) atoms. The van der Waals surface area contributed by atoms with E-state index in [2.05, 4.69) is 14.7 Å². The van der Waals surface area contributed by atoms with Gasteiger partial charge in [0.15, 0.2) is 8.68 Å². The van der Waals surface area contributed by atoms with E-state index in [0.29, 0.717) is 13.1 Å². The third-order valence-electron chi connectivity index (χ3n) is 2.47. The van der Waals surface area contributed by atoms with Gasteiger partial charge in [-0.1, -0.05) is 22.9 Å². The second-order valence-corrected chi connectivity index (χ2v) is 7.32. The lowest BCUT2D eigenvalue weighted by molar-refractivity contribution is 0.135. The van der Waals surface area contributed by atoms with Crippen molar-refractivity contribution in [1.82, 2.24) is 19.7 Å². The smallest absolute Gasteiger partial charge is 0.264 e. The molecule has 1 fully saturated rings. The number of sulfonamides is 1. The van der Waals surface area contributed by atoms with Crippen molar-refractivity contribution >= 4 is 33.0 Å². The van der Waals surface area contributed by atoms with Gasteiger partial charge in [0.25, 0.3) is 10.0 Å². The summed E-state index contributed by atoms with van der Waals surface area (Å²) in [6.07, 6.45) is 1.27. The normalized spacial score (nSPS) is 19.6. The molecule has 0 aliphatic carbocycles. The fourth-order valence-corrected chi connectivity index (χ4v) is 3.88. The Hall–Kier alpha value is -0.250. The van der Waals surface area contributed by atoms with Crippen LogP contribution in [0.4, 0.5) is 0 Å². The fraction of sp³-hybridized carbons (Fsp3) is 0.625. The highest BCUT2D eigenvalue weighted by molar-refractivity contribution is 7.91. The number of nitrogens with one attached hydrogen (secondary N) is 1. The predicted molar refractivity (Wildman–Crippen MR) is 66.5 cm³/mol. The molecule has 1 saturated heterocycles. The van der Waals surface area contributed by atoms with Crippen molar-refractivity contribution in [3.05, 3.63) is 10.7 Å². The Labute approximate surface area is 109 Å². The van der Waals surface area contributed by atoms with Crippen LogP contribution in [0.5, 0.6) is 0 Å². The molecule has 1 N–H and O–H groups in total. The Kier molecular flexibility index (Phi) is 4.01. The molecular weight excluding hydrogens is 284 g/mol. The SMILES string of the molecule is CN1CCN(NS(=O)(=O)c2cnc(Cl)s2)CC1. The Morgan fingerprint density at radius 3 is 2.59 bits per heavy atom. The molecule has 1 aliphatic rings. The van der Waals surface area contributed by atoms with Crippen molar-refractivity contribution in [1.29, 1.82) is 0 Å². The molecule has 0 bridgehead atoms. The van der Waals surface area contributed by atoms with Crippen LogP contribution >= 0.6 is 22.9 Å². The summed E-state index contributed by atoms with van der Waals surface area (Å²) in [4.78, 5) is 8.41. The molecule has 0 spiro atoms. The first-order valence-electron chi connectivity index (χ1n) is 5.05. The molecule has 1 aliphatic heterocycles. The number of halogens is 1. The Morgan fingerprint density at radius 2 is 2.06 bits per heavy atom. The van der Waals surface area contributed by atoms with E-state index in [-0.39, 0.29) is 8.68 Å². The number of hydrazine groups is 1.